The van der Waals surface area contributed by atoms with E-state index in [-0.39, 0.29) is 29.1 Å². The molecule has 1 unspecified atom stereocenters. The number of aromatic nitrogens is 1. The summed E-state index contributed by atoms with van der Waals surface area (Å²) in [5, 5.41) is 7.92. The van der Waals surface area contributed by atoms with Crippen LogP contribution in [-0.2, 0) is 14.8 Å². The summed E-state index contributed by atoms with van der Waals surface area (Å²) in [6, 6.07) is 6.19. The van der Waals surface area contributed by atoms with Gasteiger partial charge in [0.05, 0.1) is 4.90 Å². The Labute approximate surface area is 156 Å². The smallest absolute Gasteiger partial charge is 0.263 e. The van der Waals surface area contributed by atoms with Gasteiger partial charge in [0.2, 0.25) is 5.91 Å². The van der Waals surface area contributed by atoms with E-state index < -0.39 is 10.0 Å². The third-order valence-electron chi connectivity index (χ3n) is 4.00. The molecule has 0 aliphatic carbocycles. The molecule has 10 heteroatoms. The standard InChI is InChI=1S/C15H18N4O3S2.ClH/c1-10(11-8-16-9-11)14(20)18-12-3-2-4-13(7-12)24(21,22)19-15-17-5-6-23-15;/h2-7,10-11,16H,8-9H2,1H3,(H,17,19)(H,18,20);1H. The zero-order valence-corrected chi connectivity index (χ0v) is 15.9. The summed E-state index contributed by atoms with van der Waals surface area (Å²) in [5.41, 5.74) is 0.459. The van der Waals surface area contributed by atoms with Gasteiger partial charge in [0.15, 0.2) is 5.13 Å². The van der Waals surface area contributed by atoms with Crippen LogP contribution in [0.4, 0.5) is 10.8 Å². The first-order chi connectivity index (χ1) is 11.5. The number of halogens is 1. The van der Waals surface area contributed by atoms with Gasteiger partial charge in [0.25, 0.3) is 10.0 Å². The van der Waals surface area contributed by atoms with E-state index in [1.54, 1.807) is 17.5 Å². The lowest BCUT2D eigenvalue weighted by Crippen LogP contribution is -2.48. The summed E-state index contributed by atoms with van der Waals surface area (Å²) in [6.45, 7) is 3.55. The number of hydrogen-bond donors (Lipinski definition) is 3. The van der Waals surface area contributed by atoms with E-state index in [0.717, 1.165) is 13.1 Å². The Kier molecular flexibility index (Phi) is 6.39. The number of rotatable bonds is 6. The number of nitrogens with zero attached hydrogens (tertiary/aromatic N) is 1. The molecule has 1 atom stereocenters. The third kappa shape index (κ3) is 4.69. The fourth-order valence-electron chi connectivity index (χ4n) is 2.32. The number of carbonyl (C=O) groups excluding carboxylic acids is 1. The van der Waals surface area contributed by atoms with Crippen LogP contribution in [0.3, 0.4) is 0 Å². The minimum atomic E-state index is -3.73. The lowest BCUT2D eigenvalue weighted by molar-refractivity contribution is -0.121. The van der Waals surface area contributed by atoms with Gasteiger partial charge in [-0.05, 0) is 37.2 Å². The molecule has 3 N–H and O–H groups in total. The molecule has 25 heavy (non-hydrogen) atoms. The average Bonchev–Trinajstić information content (AvgIpc) is 2.98. The van der Waals surface area contributed by atoms with Crippen molar-refractivity contribution in [2.24, 2.45) is 11.8 Å². The highest BCUT2D eigenvalue weighted by atomic mass is 35.5. The molecule has 1 amide bonds. The van der Waals surface area contributed by atoms with Crippen LogP contribution in [-0.4, -0.2) is 32.4 Å². The number of benzene rings is 1. The Bertz CT molecular complexity index is 823. The van der Waals surface area contributed by atoms with Crippen LogP contribution in [0.5, 0.6) is 0 Å². The van der Waals surface area contributed by atoms with Crippen LogP contribution in [0.2, 0.25) is 0 Å². The average molecular weight is 403 g/mol. The minimum Gasteiger partial charge on any atom is -0.326 e. The van der Waals surface area contributed by atoms with Crippen LogP contribution in [0, 0.1) is 11.8 Å². The van der Waals surface area contributed by atoms with Crippen molar-refractivity contribution in [2.45, 2.75) is 11.8 Å². The lowest BCUT2D eigenvalue weighted by Gasteiger charge is -2.31. The van der Waals surface area contributed by atoms with Crippen molar-refractivity contribution >= 4 is 50.5 Å². The Hall–Kier alpha value is -1.68. The van der Waals surface area contributed by atoms with Crippen molar-refractivity contribution in [1.82, 2.24) is 10.3 Å². The van der Waals surface area contributed by atoms with Crippen molar-refractivity contribution in [3.63, 3.8) is 0 Å². The van der Waals surface area contributed by atoms with Gasteiger partial charge in [0, 0.05) is 23.2 Å². The highest BCUT2D eigenvalue weighted by Gasteiger charge is 2.28. The summed E-state index contributed by atoms with van der Waals surface area (Å²) in [4.78, 5) is 16.2. The summed E-state index contributed by atoms with van der Waals surface area (Å²) in [6.07, 6.45) is 1.52. The Morgan fingerprint density at radius 2 is 2.16 bits per heavy atom. The van der Waals surface area contributed by atoms with E-state index in [0.29, 0.717) is 16.7 Å². The van der Waals surface area contributed by atoms with Crippen LogP contribution in [0.15, 0.2) is 40.7 Å². The Balaban J connectivity index is 0.00000225. The molecule has 0 spiro atoms. The highest BCUT2D eigenvalue weighted by molar-refractivity contribution is 7.93. The van der Waals surface area contributed by atoms with Crippen LogP contribution in [0.25, 0.3) is 0 Å². The maximum Gasteiger partial charge on any atom is 0.263 e. The topological polar surface area (TPSA) is 100 Å². The number of carbonyl (C=O) groups is 1. The van der Waals surface area contributed by atoms with E-state index >= 15 is 0 Å². The molecule has 136 valence electrons. The van der Waals surface area contributed by atoms with Crippen molar-refractivity contribution < 1.29 is 13.2 Å². The van der Waals surface area contributed by atoms with Gasteiger partial charge in [-0.3, -0.25) is 9.52 Å². The summed E-state index contributed by atoms with van der Waals surface area (Å²) < 4.78 is 27.2. The zero-order chi connectivity index (χ0) is 17.2. The summed E-state index contributed by atoms with van der Waals surface area (Å²) in [5.74, 6) is 0.0902. The molecule has 1 aliphatic heterocycles. The molecule has 3 rings (SSSR count). The van der Waals surface area contributed by atoms with Gasteiger partial charge in [-0.15, -0.1) is 23.7 Å². The first-order valence-electron chi connectivity index (χ1n) is 7.50. The maximum atomic E-state index is 12.4. The fourth-order valence-corrected chi connectivity index (χ4v) is 4.16. The van der Waals surface area contributed by atoms with Crippen molar-refractivity contribution in [3.05, 3.63) is 35.8 Å². The second-order valence-electron chi connectivity index (χ2n) is 5.67. The van der Waals surface area contributed by atoms with Crippen LogP contribution < -0.4 is 15.4 Å². The van der Waals surface area contributed by atoms with Crippen molar-refractivity contribution in [3.8, 4) is 0 Å². The van der Waals surface area contributed by atoms with Gasteiger partial charge in [-0.2, -0.15) is 0 Å². The monoisotopic (exact) mass is 402 g/mol. The molecule has 2 aromatic rings. The second kappa shape index (κ2) is 8.13. The zero-order valence-electron chi connectivity index (χ0n) is 13.4. The molecule has 0 bridgehead atoms. The molecule has 0 saturated carbocycles. The SMILES string of the molecule is CC(C(=O)Nc1cccc(S(=O)(=O)Nc2nccs2)c1)C1CNC1.Cl. The number of nitrogens with one attached hydrogen (secondary N) is 3. The second-order valence-corrected chi connectivity index (χ2v) is 8.24. The fraction of sp³-hybridized carbons (Fsp3) is 0.333. The van der Waals surface area contributed by atoms with Gasteiger partial charge < -0.3 is 10.6 Å². The number of amides is 1. The normalized spacial score (nSPS) is 15.6. The molecule has 1 aromatic carbocycles. The first-order valence-corrected chi connectivity index (χ1v) is 9.86. The molecule has 7 nitrogen and oxygen atoms in total. The lowest BCUT2D eigenvalue weighted by atomic mass is 9.88. The highest BCUT2D eigenvalue weighted by Crippen LogP contribution is 2.22. The van der Waals surface area contributed by atoms with Gasteiger partial charge in [-0.1, -0.05) is 13.0 Å². The van der Waals surface area contributed by atoms with E-state index in [4.69, 9.17) is 0 Å². The quantitative estimate of drug-likeness (QED) is 0.687. The van der Waals surface area contributed by atoms with Crippen LogP contribution >= 0.6 is 23.7 Å². The first kappa shape index (κ1) is 19.6. The number of sulfonamides is 1. The van der Waals surface area contributed by atoms with E-state index in [1.807, 2.05) is 6.92 Å². The molecule has 1 aliphatic rings. The summed E-state index contributed by atoms with van der Waals surface area (Å²) >= 11 is 1.20. The Morgan fingerprint density at radius 3 is 2.76 bits per heavy atom. The molecule has 1 aromatic heterocycles. The predicted molar refractivity (Wildman–Crippen MR) is 101 cm³/mol. The van der Waals surface area contributed by atoms with Gasteiger partial charge >= 0.3 is 0 Å². The Morgan fingerprint density at radius 1 is 1.40 bits per heavy atom. The molecule has 0 radical (unpaired) electrons. The van der Waals surface area contributed by atoms with Crippen molar-refractivity contribution in [2.75, 3.05) is 23.1 Å². The van der Waals surface area contributed by atoms with E-state index in [9.17, 15) is 13.2 Å². The van der Waals surface area contributed by atoms with Crippen molar-refractivity contribution in [1.29, 1.82) is 0 Å². The molecule has 1 saturated heterocycles. The maximum absolute atomic E-state index is 12.4. The number of anilines is 2. The third-order valence-corrected chi connectivity index (χ3v) is 6.15. The van der Waals surface area contributed by atoms with E-state index in [1.165, 1.54) is 29.7 Å². The molecule has 2 heterocycles. The molecule has 1 fully saturated rings. The predicted octanol–water partition coefficient (Wildman–Crippen LogP) is 2.16. The van der Waals surface area contributed by atoms with E-state index in [2.05, 4.69) is 20.3 Å². The minimum absolute atomic E-state index is 0. The largest absolute Gasteiger partial charge is 0.326 e. The molecular weight excluding hydrogens is 384 g/mol. The molecular formula is C15H19ClN4O3S2. The van der Waals surface area contributed by atoms with Gasteiger partial charge in [-0.25, -0.2) is 13.4 Å². The summed E-state index contributed by atoms with van der Waals surface area (Å²) in [7, 11) is -3.73. The number of hydrogen-bond acceptors (Lipinski definition) is 6. The van der Waals surface area contributed by atoms with Crippen LogP contribution in [0.1, 0.15) is 6.92 Å². The number of thiazole rings is 1. The van der Waals surface area contributed by atoms with Gasteiger partial charge in [0.1, 0.15) is 0 Å².